The molecule has 0 amide bonds. The molecule has 0 spiro atoms. The third-order valence-electron chi connectivity index (χ3n) is 3.31. The number of rotatable bonds is 2. The van der Waals surface area contributed by atoms with Gasteiger partial charge >= 0.3 is 0 Å². The Bertz CT molecular complexity index is 112. The SMILES string of the molecule is CCC(C)(C)[C@@H]1CCCNC1. The maximum Gasteiger partial charge on any atom is -0.00154 e. The molecule has 0 aromatic carbocycles. The fraction of sp³-hybridized carbons (Fsp3) is 1.00. The molecule has 0 unspecified atom stereocenters. The molecule has 0 aliphatic carbocycles. The molecule has 1 aliphatic heterocycles. The highest BCUT2D eigenvalue weighted by atomic mass is 14.9. The summed E-state index contributed by atoms with van der Waals surface area (Å²) < 4.78 is 0. The molecular weight excluding hydrogens is 134 g/mol. The summed E-state index contributed by atoms with van der Waals surface area (Å²) in [5.74, 6) is 0.904. The Morgan fingerprint density at radius 1 is 1.45 bits per heavy atom. The monoisotopic (exact) mass is 155 g/mol. The van der Waals surface area contributed by atoms with Crippen molar-refractivity contribution in [3.05, 3.63) is 0 Å². The molecule has 0 aromatic rings. The molecule has 1 N–H and O–H groups in total. The van der Waals surface area contributed by atoms with E-state index in [1.165, 1.54) is 32.4 Å². The summed E-state index contributed by atoms with van der Waals surface area (Å²) in [6, 6.07) is 0. The summed E-state index contributed by atoms with van der Waals surface area (Å²) in [5.41, 5.74) is 0.549. The molecule has 1 atom stereocenters. The highest BCUT2D eigenvalue weighted by Crippen LogP contribution is 2.34. The largest absolute Gasteiger partial charge is 0.316 e. The predicted molar refractivity (Wildman–Crippen MR) is 49.7 cm³/mol. The smallest absolute Gasteiger partial charge is 0.00154 e. The summed E-state index contributed by atoms with van der Waals surface area (Å²) in [4.78, 5) is 0. The lowest BCUT2D eigenvalue weighted by Gasteiger charge is -2.36. The standard InChI is InChI=1S/C10H21N/c1-4-10(2,3)9-6-5-7-11-8-9/h9,11H,4-8H2,1-3H3/t9-/m1/s1. The first-order valence-electron chi connectivity index (χ1n) is 4.87. The van der Waals surface area contributed by atoms with E-state index in [0.29, 0.717) is 5.41 Å². The predicted octanol–water partition coefficient (Wildman–Crippen LogP) is 2.42. The lowest BCUT2D eigenvalue weighted by Crippen LogP contribution is -2.37. The molecule has 1 aliphatic rings. The molecule has 1 nitrogen and oxygen atoms in total. The molecule has 1 rings (SSSR count). The summed E-state index contributed by atoms with van der Waals surface area (Å²) >= 11 is 0. The summed E-state index contributed by atoms with van der Waals surface area (Å²) in [7, 11) is 0. The van der Waals surface area contributed by atoms with Gasteiger partial charge in [-0.3, -0.25) is 0 Å². The minimum absolute atomic E-state index is 0.549. The Balaban J connectivity index is 2.43. The van der Waals surface area contributed by atoms with Crippen LogP contribution < -0.4 is 5.32 Å². The first-order chi connectivity index (χ1) is 5.17. The minimum atomic E-state index is 0.549. The molecule has 11 heavy (non-hydrogen) atoms. The van der Waals surface area contributed by atoms with E-state index in [4.69, 9.17) is 0 Å². The van der Waals surface area contributed by atoms with Gasteiger partial charge < -0.3 is 5.32 Å². The van der Waals surface area contributed by atoms with Crippen LogP contribution >= 0.6 is 0 Å². The van der Waals surface area contributed by atoms with Crippen molar-refractivity contribution < 1.29 is 0 Å². The molecule has 0 bridgehead atoms. The van der Waals surface area contributed by atoms with Gasteiger partial charge in [0.25, 0.3) is 0 Å². The highest BCUT2D eigenvalue weighted by Gasteiger charge is 2.28. The second kappa shape index (κ2) is 3.57. The van der Waals surface area contributed by atoms with Crippen molar-refractivity contribution in [1.82, 2.24) is 5.32 Å². The molecule has 66 valence electrons. The fourth-order valence-electron chi connectivity index (χ4n) is 1.81. The third kappa shape index (κ3) is 2.19. The van der Waals surface area contributed by atoms with Crippen molar-refractivity contribution in [2.24, 2.45) is 11.3 Å². The van der Waals surface area contributed by atoms with E-state index in [1.807, 2.05) is 0 Å². The van der Waals surface area contributed by atoms with Crippen LogP contribution in [0.1, 0.15) is 40.0 Å². The van der Waals surface area contributed by atoms with Gasteiger partial charge in [0.05, 0.1) is 0 Å². The topological polar surface area (TPSA) is 12.0 Å². The Labute approximate surface area is 70.6 Å². The van der Waals surface area contributed by atoms with Crippen molar-refractivity contribution in [3.63, 3.8) is 0 Å². The average Bonchev–Trinajstić information content (AvgIpc) is 2.06. The Kier molecular flexibility index (Phi) is 2.94. The van der Waals surface area contributed by atoms with Crippen LogP contribution in [0.3, 0.4) is 0 Å². The Hall–Kier alpha value is -0.0400. The Morgan fingerprint density at radius 3 is 2.64 bits per heavy atom. The second-order valence-corrected chi connectivity index (χ2v) is 4.39. The van der Waals surface area contributed by atoms with E-state index >= 15 is 0 Å². The fourth-order valence-corrected chi connectivity index (χ4v) is 1.81. The van der Waals surface area contributed by atoms with Gasteiger partial charge in [0.1, 0.15) is 0 Å². The lowest BCUT2D eigenvalue weighted by molar-refractivity contribution is 0.165. The van der Waals surface area contributed by atoms with Gasteiger partial charge in [-0.25, -0.2) is 0 Å². The zero-order valence-corrected chi connectivity index (χ0v) is 8.11. The van der Waals surface area contributed by atoms with Gasteiger partial charge in [0.2, 0.25) is 0 Å². The van der Waals surface area contributed by atoms with Crippen molar-refractivity contribution in [2.75, 3.05) is 13.1 Å². The van der Waals surface area contributed by atoms with Gasteiger partial charge in [-0.1, -0.05) is 27.2 Å². The van der Waals surface area contributed by atoms with Crippen LogP contribution in [0.25, 0.3) is 0 Å². The van der Waals surface area contributed by atoms with E-state index in [1.54, 1.807) is 0 Å². The molecule has 1 heteroatoms. The van der Waals surface area contributed by atoms with Crippen molar-refractivity contribution in [1.29, 1.82) is 0 Å². The first-order valence-corrected chi connectivity index (χ1v) is 4.87. The van der Waals surface area contributed by atoms with Gasteiger partial charge in [-0.15, -0.1) is 0 Å². The molecule has 0 radical (unpaired) electrons. The minimum Gasteiger partial charge on any atom is -0.316 e. The summed E-state index contributed by atoms with van der Waals surface area (Å²) in [6.07, 6.45) is 4.10. The van der Waals surface area contributed by atoms with Crippen LogP contribution in [0.2, 0.25) is 0 Å². The third-order valence-corrected chi connectivity index (χ3v) is 3.31. The number of hydrogen-bond donors (Lipinski definition) is 1. The number of nitrogens with one attached hydrogen (secondary N) is 1. The van der Waals surface area contributed by atoms with E-state index in [-0.39, 0.29) is 0 Å². The molecule has 0 aromatic heterocycles. The van der Waals surface area contributed by atoms with Gasteiger partial charge in [-0.05, 0) is 37.3 Å². The van der Waals surface area contributed by atoms with Crippen LogP contribution in [0, 0.1) is 11.3 Å². The quantitative estimate of drug-likeness (QED) is 0.646. The second-order valence-electron chi connectivity index (χ2n) is 4.39. The van der Waals surface area contributed by atoms with Gasteiger partial charge in [-0.2, -0.15) is 0 Å². The van der Waals surface area contributed by atoms with Crippen LogP contribution in [-0.2, 0) is 0 Å². The summed E-state index contributed by atoms with van der Waals surface area (Å²) in [5, 5.41) is 3.48. The lowest BCUT2D eigenvalue weighted by atomic mass is 9.73. The van der Waals surface area contributed by atoms with Crippen molar-refractivity contribution in [2.45, 2.75) is 40.0 Å². The molecular formula is C10H21N. The van der Waals surface area contributed by atoms with Crippen LogP contribution in [-0.4, -0.2) is 13.1 Å². The van der Waals surface area contributed by atoms with E-state index in [0.717, 1.165) is 5.92 Å². The van der Waals surface area contributed by atoms with Crippen LogP contribution in [0.4, 0.5) is 0 Å². The average molecular weight is 155 g/mol. The Morgan fingerprint density at radius 2 is 2.18 bits per heavy atom. The van der Waals surface area contributed by atoms with E-state index < -0.39 is 0 Å². The zero-order chi connectivity index (χ0) is 8.32. The highest BCUT2D eigenvalue weighted by molar-refractivity contribution is 4.81. The maximum absolute atomic E-state index is 3.48. The van der Waals surface area contributed by atoms with E-state index in [2.05, 4.69) is 26.1 Å². The maximum atomic E-state index is 3.48. The van der Waals surface area contributed by atoms with Gasteiger partial charge in [0, 0.05) is 0 Å². The summed E-state index contributed by atoms with van der Waals surface area (Å²) in [6.45, 7) is 9.56. The van der Waals surface area contributed by atoms with Crippen LogP contribution in [0.5, 0.6) is 0 Å². The van der Waals surface area contributed by atoms with Gasteiger partial charge in [0.15, 0.2) is 0 Å². The molecule has 1 heterocycles. The molecule has 1 saturated heterocycles. The molecule has 0 saturated carbocycles. The zero-order valence-electron chi connectivity index (χ0n) is 8.11. The number of hydrogen-bond acceptors (Lipinski definition) is 1. The first kappa shape index (κ1) is 9.05. The number of piperidine rings is 1. The van der Waals surface area contributed by atoms with E-state index in [9.17, 15) is 0 Å². The normalized spacial score (nSPS) is 27.0. The molecule has 1 fully saturated rings. The van der Waals surface area contributed by atoms with Crippen molar-refractivity contribution >= 4 is 0 Å². The van der Waals surface area contributed by atoms with Crippen LogP contribution in [0.15, 0.2) is 0 Å². The van der Waals surface area contributed by atoms with Crippen molar-refractivity contribution in [3.8, 4) is 0 Å².